The van der Waals surface area contributed by atoms with E-state index in [1.54, 1.807) is 22.9 Å². The van der Waals surface area contributed by atoms with Gasteiger partial charge in [-0.05, 0) is 32.9 Å². The van der Waals surface area contributed by atoms with Crippen molar-refractivity contribution >= 4 is 21.6 Å². The van der Waals surface area contributed by atoms with Crippen LogP contribution in [0.1, 0.15) is 35.9 Å². The van der Waals surface area contributed by atoms with Crippen molar-refractivity contribution in [1.82, 2.24) is 9.78 Å². The first kappa shape index (κ1) is 16.2. The molecule has 0 aliphatic heterocycles. The molecular formula is C15H19N3O3S. The number of carbonyl (C=O) groups excluding carboxylic acids is 1. The Morgan fingerprint density at radius 3 is 2.50 bits per heavy atom. The summed E-state index contributed by atoms with van der Waals surface area (Å²) in [4.78, 5) is 12.5. The minimum Gasteiger partial charge on any atom is -0.307 e. The summed E-state index contributed by atoms with van der Waals surface area (Å²) in [7, 11) is -3.48. The molecule has 0 saturated carbocycles. The molecular weight excluding hydrogens is 302 g/mol. The highest BCUT2D eigenvalue weighted by atomic mass is 32.2. The lowest BCUT2D eigenvalue weighted by Gasteiger charge is -2.13. The molecule has 1 amide bonds. The fourth-order valence-corrected chi connectivity index (χ4v) is 3.05. The Morgan fingerprint density at radius 2 is 1.91 bits per heavy atom. The van der Waals surface area contributed by atoms with Crippen LogP contribution >= 0.6 is 0 Å². The molecule has 0 fully saturated rings. The van der Waals surface area contributed by atoms with Crippen molar-refractivity contribution in [3.63, 3.8) is 0 Å². The van der Waals surface area contributed by atoms with E-state index < -0.39 is 15.7 Å². The van der Waals surface area contributed by atoms with E-state index in [0.717, 1.165) is 11.9 Å². The lowest BCUT2D eigenvalue weighted by atomic mass is 10.2. The first-order valence-corrected chi connectivity index (χ1v) is 8.76. The molecule has 0 aliphatic rings. The molecule has 2 aromatic rings. The number of hydrogen-bond donors (Lipinski definition) is 1. The minimum absolute atomic E-state index is 0.0137. The number of sulfone groups is 1. The lowest BCUT2D eigenvalue weighted by Crippen LogP contribution is -2.19. The maximum absolute atomic E-state index is 12.4. The monoisotopic (exact) mass is 321 g/mol. The summed E-state index contributed by atoms with van der Waals surface area (Å²) in [5.74, 6) is 0.0728. The Balaban J connectivity index is 2.39. The second-order valence-electron chi connectivity index (χ2n) is 5.43. The fraction of sp³-hybridized carbons (Fsp3) is 0.333. The molecule has 0 unspecified atom stereocenters. The zero-order chi connectivity index (χ0) is 16.5. The summed E-state index contributed by atoms with van der Waals surface area (Å²) in [6.45, 7) is 5.73. The highest BCUT2D eigenvalue weighted by Crippen LogP contribution is 2.20. The Labute approximate surface area is 130 Å². The molecule has 0 aliphatic carbocycles. The molecule has 0 radical (unpaired) electrons. The zero-order valence-electron chi connectivity index (χ0n) is 13.0. The van der Waals surface area contributed by atoms with Crippen LogP contribution in [-0.2, 0) is 9.84 Å². The third-order valence-corrected chi connectivity index (χ3v) is 4.27. The molecule has 22 heavy (non-hydrogen) atoms. The first-order valence-electron chi connectivity index (χ1n) is 6.86. The van der Waals surface area contributed by atoms with Crippen LogP contribution in [-0.4, -0.2) is 30.4 Å². The van der Waals surface area contributed by atoms with Crippen LogP contribution in [0.25, 0.3) is 0 Å². The number of hydrogen-bond acceptors (Lipinski definition) is 4. The van der Waals surface area contributed by atoms with Gasteiger partial charge in [0.25, 0.3) is 5.91 Å². The van der Waals surface area contributed by atoms with Gasteiger partial charge in [0.2, 0.25) is 0 Å². The fourth-order valence-electron chi connectivity index (χ4n) is 2.16. The van der Waals surface area contributed by atoms with Crippen molar-refractivity contribution in [3.8, 4) is 0 Å². The second-order valence-corrected chi connectivity index (χ2v) is 7.42. The van der Waals surface area contributed by atoms with E-state index in [-0.39, 0.29) is 16.5 Å². The van der Waals surface area contributed by atoms with Crippen LogP contribution in [0.5, 0.6) is 0 Å². The van der Waals surface area contributed by atoms with Gasteiger partial charge >= 0.3 is 0 Å². The van der Waals surface area contributed by atoms with Crippen LogP contribution < -0.4 is 5.32 Å². The normalized spacial score (nSPS) is 11.7. The number of aromatic nitrogens is 2. The maximum atomic E-state index is 12.4. The van der Waals surface area contributed by atoms with E-state index in [1.807, 2.05) is 20.8 Å². The zero-order valence-corrected chi connectivity index (χ0v) is 13.8. The standard InChI is InChI=1S/C15H19N3O3S/c1-10(2)18-14(9-11(3)17-18)16-15(19)12-7-5-6-8-13(12)22(4,20)21/h5-10H,1-4H3,(H,16,19). The van der Waals surface area contributed by atoms with Crippen molar-refractivity contribution in [1.29, 1.82) is 0 Å². The number of aryl methyl sites for hydroxylation is 1. The van der Waals surface area contributed by atoms with Gasteiger partial charge in [-0.25, -0.2) is 13.1 Å². The Bertz CT molecular complexity index is 807. The summed E-state index contributed by atoms with van der Waals surface area (Å²) < 4.78 is 25.3. The molecule has 0 atom stereocenters. The van der Waals surface area contributed by atoms with Crippen molar-refractivity contribution < 1.29 is 13.2 Å². The smallest absolute Gasteiger partial charge is 0.258 e. The highest BCUT2D eigenvalue weighted by Gasteiger charge is 2.19. The highest BCUT2D eigenvalue weighted by molar-refractivity contribution is 7.90. The van der Waals surface area contributed by atoms with E-state index in [1.165, 1.54) is 12.1 Å². The van der Waals surface area contributed by atoms with Crippen LogP contribution in [0.2, 0.25) is 0 Å². The number of benzene rings is 1. The quantitative estimate of drug-likeness (QED) is 0.937. The molecule has 1 aromatic carbocycles. The minimum atomic E-state index is -3.48. The van der Waals surface area contributed by atoms with Crippen LogP contribution in [0.4, 0.5) is 5.82 Å². The van der Waals surface area contributed by atoms with Gasteiger partial charge in [-0.2, -0.15) is 5.10 Å². The molecule has 0 spiro atoms. The van der Waals surface area contributed by atoms with Gasteiger partial charge in [-0.15, -0.1) is 0 Å². The number of nitrogens with one attached hydrogen (secondary N) is 1. The van der Waals surface area contributed by atoms with Gasteiger partial charge in [0.05, 0.1) is 16.2 Å². The van der Waals surface area contributed by atoms with Crippen molar-refractivity contribution in [3.05, 3.63) is 41.6 Å². The summed E-state index contributed by atoms with van der Waals surface area (Å²) in [5.41, 5.74) is 0.902. The molecule has 2 rings (SSSR count). The molecule has 1 heterocycles. The third-order valence-electron chi connectivity index (χ3n) is 3.12. The Morgan fingerprint density at radius 1 is 1.27 bits per heavy atom. The predicted molar refractivity (Wildman–Crippen MR) is 84.9 cm³/mol. The van der Waals surface area contributed by atoms with Gasteiger partial charge in [-0.1, -0.05) is 12.1 Å². The topological polar surface area (TPSA) is 81.1 Å². The van der Waals surface area contributed by atoms with Gasteiger partial charge in [-0.3, -0.25) is 4.79 Å². The number of nitrogens with zero attached hydrogens (tertiary/aromatic N) is 2. The van der Waals surface area contributed by atoms with Gasteiger partial charge in [0, 0.05) is 18.4 Å². The van der Waals surface area contributed by atoms with Crippen molar-refractivity contribution in [2.45, 2.75) is 31.7 Å². The summed E-state index contributed by atoms with van der Waals surface area (Å²) in [5, 5.41) is 7.05. The Hall–Kier alpha value is -2.15. The number of carbonyl (C=O) groups is 1. The average Bonchev–Trinajstić information content (AvgIpc) is 2.79. The molecule has 7 heteroatoms. The molecule has 1 aromatic heterocycles. The second kappa shape index (κ2) is 5.92. The van der Waals surface area contributed by atoms with E-state index in [4.69, 9.17) is 0 Å². The lowest BCUT2D eigenvalue weighted by molar-refractivity contribution is 0.102. The van der Waals surface area contributed by atoms with E-state index in [9.17, 15) is 13.2 Å². The van der Waals surface area contributed by atoms with Gasteiger partial charge < -0.3 is 5.32 Å². The third kappa shape index (κ3) is 3.36. The predicted octanol–water partition coefficient (Wildman–Crippen LogP) is 2.43. The van der Waals surface area contributed by atoms with Gasteiger partial charge in [0.15, 0.2) is 9.84 Å². The molecule has 0 saturated heterocycles. The largest absolute Gasteiger partial charge is 0.307 e. The Kier molecular flexibility index (Phi) is 4.37. The van der Waals surface area contributed by atoms with Crippen LogP contribution in [0.3, 0.4) is 0 Å². The van der Waals surface area contributed by atoms with Crippen LogP contribution in [0, 0.1) is 6.92 Å². The van der Waals surface area contributed by atoms with E-state index in [2.05, 4.69) is 10.4 Å². The first-order chi connectivity index (χ1) is 10.2. The maximum Gasteiger partial charge on any atom is 0.258 e. The number of amides is 1. The van der Waals surface area contributed by atoms with Gasteiger partial charge in [0.1, 0.15) is 5.82 Å². The van der Waals surface area contributed by atoms with Crippen molar-refractivity contribution in [2.75, 3.05) is 11.6 Å². The summed E-state index contributed by atoms with van der Waals surface area (Å²) in [6.07, 6.45) is 1.08. The van der Waals surface area contributed by atoms with E-state index in [0.29, 0.717) is 5.82 Å². The summed E-state index contributed by atoms with van der Waals surface area (Å²) >= 11 is 0. The number of rotatable bonds is 4. The summed E-state index contributed by atoms with van der Waals surface area (Å²) in [6, 6.07) is 7.98. The molecule has 118 valence electrons. The SMILES string of the molecule is Cc1cc(NC(=O)c2ccccc2S(C)(=O)=O)n(C(C)C)n1. The molecule has 0 bridgehead atoms. The van der Waals surface area contributed by atoms with Crippen LogP contribution in [0.15, 0.2) is 35.2 Å². The molecule has 1 N–H and O–H groups in total. The van der Waals surface area contributed by atoms with E-state index >= 15 is 0 Å². The average molecular weight is 321 g/mol. The van der Waals surface area contributed by atoms with Crippen molar-refractivity contribution in [2.24, 2.45) is 0 Å². The molecule has 6 nitrogen and oxygen atoms in total. The number of anilines is 1.